The fourth-order valence-corrected chi connectivity index (χ4v) is 5.64. The number of anilines is 1. The van der Waals surface area contributed by atoms with E-state index < -0.39 is 0 Å². The van der Waals surface area contributed by atoms with Gasteiger partial charge >= 0.3 is 5.97 Å². The van der Waals surface area contributed by atoms with Gasteiger partial charge in [0.15, 0.2) is 5.11 Å². The van der Waals surface area contributed by atoms with Crippen LogP contribution in [0.4, 0.5) is 10.1 Å². The maximum absolute atomic E-state index is 13.3. The Hall–Kier alpha value is -4.57. The lowest BCUT2D eigenvalue weighted by Gasteiger charge is -2.28. The van der Waals surface area contributed by atoms with E-state index in [2.05, 4.69) is 26.3 Å². The SMILES string of the molecule is COC(=O)c1ccc(-n2c(C)cc(C3C(c4ccccn4)NC(=S)N3CCC(=O)Nc3ccc(F)cc3)c2C)cc1. The Labute approximate surface area is 243 Å². The Kier molecular flexibility index (Phi) is 8.11. The number of ether oxygens (including phenoxy) is 1. The molecule has 3 heterocycles. The van der Waals surface area contributed by atoms with E-state index in [4.69, 9.17) is 17.0 Å². The van der Waals surface area contributed by atoms with E-state index in [1.54, 1.807) is 18.3 Å². The van der Waals surface area contributed by atoms with Gasteiger partial charge in [0.25, 0.3) is 0 Å². The Morgan fingerprint density at radius 3 is 2.46 bits per heavy atom. The van der Waals surface area contributed by atoms with Crippen LogP contribution >= 0.6 is 12.2 Å². The summed E-state index contributed by atoms with van der Waals surface area (Å²) in [6.07, 6.45) is 1.93. The maximum atomic E-state index is 13.3. The molecule has 1 saturated heterocycles. The summed E-state index contributed by atoms with van der Waals surface area (Å²) in [5.74, 6) is -0.950. The zero-order valence-corrected chi connectivity index (χ0v) is 23.7. The number of hydrogen-bond donors (Lipinski definition) is 2. The molecule has 2 unspecified atom stereocenters. The first-order chi connectivity index (χ1) is 19.8. The zero-order chi connectivity index (χ0) is 29.1. The molecule has 0 radical (unpaired) electrons. The van der Waals surface area contributed by atoms with Crippen LogP contribution in [-0.4, -0.2) is 45.1 Å². The Morgan fingerprint density at radius 1 is 1.07 bits per heavy atom. The number of aromatic nitrogens is 2. The van der Waals surface area contributed by atoms with E-state index in [1.807, 2.05) is 49.1 Å². The average molecular weight is 572 g/mol. The second kappa shape index (κ2) is 11.9. The molecule has 0 aliphatic carbocycles. The van der Waals surface area contributed by atoms with Gasteiger partial charge in [-0.3, -0.25) is 9.78 Å². The van der Waals surface area contributed by atoms with Gasteiger partial charge < -0.3 is 24.8 Å². The van der Waals surface area contributed by atoms with Crippen molar-refractivity contribution in [3.63, 3.8) is 0 Å². The number of hydrogen-bond acceptors (Lipinski definition) is 5. The molecule has 0 spiro atoms. The second-order valence-electron chi connectivity index (χ2n) is 9.83. The van der Waals surface area contributed by atoms with Crippen LogP contribution in [0.1, 0.15) is 51.5 Å². The Morgan fingerprint density at radius 2 is 1.80 bits per heavy atom. The van der Waals surface area contributed by atoms with Crippen molar-refractivity contribution in [3.05, 3.63) is 113 Å². The first kappa shape index (κ1) is 28.0. The van der Waals surface area contributed by atoms with Crippen LogP contribution in [0.2, 0.25) is 0 Å². The molecule has 2 atom stereocenters. The molecule has 5 rings (SSSR count). The van der Waals surface area contributed by atoms with Gasteiger partial charge in [0.1, 0.15) is 5.82 Å². The third kappa shape index (κ3) is 5.83. The van der Waals surface area contributed by atoms with E-state index in [0.717, 1.165) is 28.3 Å². The van der Waals surface area contributed by atoms with Crippen molar-refractivity contribution in [2.24, 2.45) is 0 Å². The van der Waals surface area contributed by atoms with Crippen LogP contribution in [-0.2, 0) is 9.53 Å². The number of carbonyl (C=O) groups excluding carboxylic acids is 2. The fraction of sp³-hybridized carbons (Fsp3) is 0.226. The number of benzene rings is 2. The lowest BCUT2D eigenvalue weighted by molar-refractivity contribution is -0.116. The summed E-state index contributed by atoms with van der Waals surface area (Å²) in [5.41, 5.74) is 5.81. The first-order valence-corrected chi connectivity index (χ1v) is 13.6. The summed E-state index contributed by atoms with van der Waals surface area (Å²) in [6, 6.07) is 20.4. The van der Waals surface area contributed by atoms with Crippen LogP contribution in [0, 0.1) is 19.7 Å². The van der Waals surface area contributed by atoms with Gasteiger partial charge in [-0.15, -0.1) is 0 Å². The third-order valence-corrected chi connectivity index (χ3v) is 7.59. The van der Waals surface area contributed by atoms with E-state index in [1.165, 1.54) is 31.4 Å². The predicted octanol–water partition coefficient (Wildman–Crippen LogP) is 5.42. The highest BCUT2D eigenvalue weighted by molar-refractivity contribution is 7.80. The van der Waals surface area contributed by atoms with E-state index >= 15 is 0 Å². The molecule has 2 aromatic carbocycles. The molecular formula is C31H30FN5O3S. The van der Waals surface area contributed by atoms with Gasteiger partial charge in [0.2, 0.25) is 5.91 Å². The molecular weight excluding hydrogens is 541 g/mol. The number of carbonyl (C=O) groups is 2. The molecule has 1 amide bonds. The van der Waals surface area contributed by atoms with Crippen LogP contribution < -0.4 is 10.6 Å². The van der Waals surface area contributed by atoms with Crippen LogP contribution in [0.15, 0.2) is 79.0 Å². The fourth-order valence-electron chi connectivity index (χ4n) is 5.31. The highest BCUT2D eigenvalue weighted by Gasteiger charge is 2.41. The van der Waals surface area contributed by atoms with Crippen LogP contribution in [0.3, 0.4) is 0 Å². The molecule has 1 aliphatic heterocycles. The molecule has 0 bridgehead atoms. The second-order valence-corrected chi connectivity index (χ2v) is 10.2. The van der Waals surface area contributed by atoms with Crippen molar-refractivity contribution < 1.29 is 18.7 Å². The molecule has 41 heavy (non-hydrogen) atoms. The van der Waals surface area contributed by atoms with Crippen molar-refractivity contribution in [1.29, 1.82) is 0 Å². The largest absolute Gasteiger partial charge is 0.465 e. The van der Waals surface area contributed by atoms with Crippen molar-refractivity contribution >= 4 is 34.9 Å². The Bertz CT molecular complexity index is 1570. The molecule has 0 saturated carbocycles. The van der Waals surface area contributed by atoms with Gasteiger partial charge in [-0.05, 0) is 98.4 Å². The minimum Gasteiger partial charge on any atom is -0.465 e. The molecule has 2 aromatic heterocycles. The minimum absolute atomic E-state index is 0.179. The highest BCUT2D eigenvalue weighted by Crippen LogP contribution is 2.41. The molecule has 4 aromatic rings. The number of halogens is 1. The van der Waals surface area contributed by atoms with Crippen LogP contribution in [0.5, 0.6) is 0 Å². The molecule has 210 valence electrons. The summed E-state index contributed by atoms with van der Waals surface area (Å²) >= 11 is 5.78. The maximum Gasteiger partial charge on any atom is 0.337 e. The smallest absolute Gasteiger partial charge is 0.337 e. The topological polar surface area (TPSA) is 88.5 Å². The highest BCUT2D eigenvalue weighted by atomic mass is 32.1. The third-order valence-electron chi connectivity index (χ3n) is 7.24. The van der Waals surface area contributed by atoms with E-state index in [0.29, 0.717) is 22.9 Å². The number of aryl methyl sites for hydroxylation is 1. The van der Waals surface area contributed by atoms with Gasteiger partial charge in [0, 0.05) is 41.9 Å². The summed E-state index contributed by atoms with van der Waals surface area (Å²) < 4.78 is 20.2. The molecule has 10 heteroatoms. The number of amides is 1. The van der Waals surface area contributed by atoms with Crippen molar-refractivity contribution in [2.45, 2.75) is 32.4 Å². The van der Waals surface area contributed by atoms with Crippen molar-refractivity contribution in [3.8, 4) is 5.69 Å². The van der Waals surface area contributed by atoms with E-state index in [-0.39, 0.29) is 36.2 Å². The standard InChI is InChI=1S/C31H30FN5O3S/c1-19-18-25(20(2)37(19)24-13-7-21(8-14-24)30(39)40-3)29-28(26-6-4-5-16-33-26)35-31(41)36(29)17-15-27(38)34-23-11-9-22(32)10-12-23/h4-14,16,18,28-29H,15,17H2,1-3H3,(H,34,38)(H,35,41). The van der Waals surface area contributed by atoms with Crippen LogP contribution in [0.25, 0.3) is 5.69 Å². The van der Waals surface area contributed by atoms with Gasteiger partial charge in [-0.2, -0.15) is 0 Å². The summed E-state index contributed by atoms with van der Waals surface area (Å²) in [7, 11) is 1.36. The van der Waals surface area contributed by atoms with E-state index in [9.17, 15) is 14.0 Å². The number of thiocarbonyl (C=S) groups is 1. The number of nitrogens with zero attached hydrogens (tertiary/aromatic N) is 3. The number of methoxy groups -OCH3 is 1. The summed E-state index contributed by atoms with van der Waals surface area (Å²) in [5, 5.41) is 6.79. The number of nitrogens with one attached hydrogen (secondary N) is 2. The van der Waals surface area contributed by atoms with Crippen molar-refractivity contribution in [1.82, 2.24) is 19.8 Å². The van der Waals surface area contributed by atoms with Gasteiger partial charge in [0.05, 0.1) is 30.5 Å². The monoisotopic (exact) mass is 571 g/mol. The molecule has 2 N–H and O–H groups in total. The average Bonchev–Trinajstić information content (AvgIpc) is 3.47. The van der Waals surface area contributed by atoms with Crippen molar-refractivity contribution in [2.75, 3.05) is 19.0 Å². The summed E-state index contributed by atoms with van der Waals surface area (Å²) in [4.78, 5) is 31.4. The van der Waals surface area contributed by atoms with Gasteiger partial charge in [-0.1, -0.05) is 6.07 Å². The lowest BCUT2D eigenvalue weighted by atomic mass is 9.96. The zero-order valence-electron chi connectivity index (χ0n) is 22.9. The molecule has 1 fully saturated rings. The Balaban J connectivity index is 1.45. The van der Waals surface area contributed by atoms with Gasteiger partial charge in [-0.25, -0.2) is 9.18 Å². The normalized spacial score (nSPS) is 16.4. The number of rotatable bonds is 8. The number of esters is 1. The lowest BCUT2D eigenvalue weighted by Crippen LogP contribution is -2.32. The minimum atomic E-state index is -0.388. The first-order valence-electron chi connectivity index (χ1n) is 13.2. The number of pyridine rings is 1. The predicted molar refractivity (Wildman–Crippen MR) is 158 cm³/mol. The quantitative estimate of drug-likeness (QED) is 0.216. The molecule has 8 nitrogen and oxygen atoms in total. The molecule has 1 aliphatic rings. The summed E-state index contributed by atoms with van der Waals surface area (Å²) in [6.45, 7) is 4.44.